The van der Waals surface area contributed by atoms with Gasteiger partial charge in [0.2, 0.25) is 5.91 Å². The van der Waals surface area contributed by atoms with Crippen LogP contribution in [0.2, 0.25) is 0 Å². The first kappa shape index (κ1) is 14.1. The predicted octanol–water partition coefficient (Wildman–Crippen LogP) is 2.69. The molecule has 2 aromatic rings. The molecule has 0 atom stereocenters. The molecule has 0 aliphatic carbocycles. The van der Waals surface area contributed by atoms with Crippen LogP contribution in [0.5, 0.6) is 0 Å². The molecular formula is C15H14F2N2O. The maximum absolute atomic E-state index is 12.7. The van der Waals surface area contributed by atoms with E-state index in [1.807, 2.05) is 0 Å². The lowest BCUT2D eigenvalue weighted by atomic mass is 10.2. The zero-order chi connectivity index (χ0) is 14.4. The number of rotatable bonds is 5. The number of hydrogen-bond donors (Lipinski definition) is 2. The van der Waals surface area contributed by atoms with E-state index in [4.69, 9.17) is 0 Å². The SMILES string of the molecule is O=C(CNCc1ccc(F)cc1)Nc1ccc(F)cc1. The Hall–Kier alpha value is -2.27. The van der Waals surface area contributed by atoms with Crippen molar-refractivity contribution in [1.29, 1.82) is 0 Å². The maximum Gasteiger partial charge on any atom is 0.238 e. The first-order valence-electron chi connectivity index (χ1n) is 6.14. The van der Waals surface area contributed by atoms with Crippen LogP contribution in [0.25, 0.3) is 0 Å². The van der Waals surface area contributed by atoms with Crippen molar-refractivity contribution in [1.82, 2.24) is 5.32 Å². The van der Waals surface area contributed by atoms with Gasteiger partial charge in [-0.05, 0) is 42.0 Å². The average molecular weight is 276 g/mol. The molecule has 5 heteroatoms. The standard InChI is InChI=1S/C15H14F2N2O/c16-12-3-1-11(2-4-12)9-18-10-15(20)19-14-7-5-13(17)6-8-14/h1-8,18H,9-10H2,(H,19,20). The molecule has 0 aliphatic heterocycles. The van der Waals surface area contributed by atoms with Crippen molar-refractivity contribution in [3.63, 3.8) is 0 Å². The van der Waals surface area contributed by atoms with Crippen LogP contribution in [0.1, 0.15) is 5.56 Å². The summed E-state index contributed by atoms with van der Waals surface area (Å²) in [5.41, 5.74) is 1.43. The zero-order valence-electron chi connectivity index (χ0n) is 10.7. The Morgan fingerprint density at radius 1 is 0.900 bits per heavy atom. The quantitative estimate of drug-likeness (QED) is 0.881. The minimum absolute atomic E-state index is 0.120. The number of amides is 1. The van der Waals surface area contributed by atoms with Crippen molar-refractivity contribution in [3.05, 3.63) is 65.7 Å². The van der Waals surface area contributed by atoms with Gasteiger partial charge in [-0.1, -0.05) is 12.1 Å². The van der Waals surface area contributed by atoms with E-state index in [-0.39, 0.29) is 24.1 Å². The van der Waals surface area contributed by atoms with Gasteiger partial charge in [0.1, 0.15) is 11.6 Å². The number of halogens is 2. The molecule has 0 aromatic heterocycles. The Morgan fingerprint density at radius 3 is 2.05 bits per heavy atom. The predicted molar refractivity (Wildman–Crippen MR) is 73.1 cm³/mol. The van der Waals surface area contributed by atoms with Crippen molar-refractivity contribution in [2.75, 3.05) is 11.9 Å². The summed E-state index contributed by atoms with van der Waals surface area (Å²) in [5, 5.41) is 5.58. The number of anilines is 1. The minimum Gasteiger partial charge on any atom is -0.325 e. The highest BCUT2D eigenvalue weighted by molar-refractivity contribution is 5.92. The van der Waals surface area contributed by atoms with E-state index in [0.29, 0.717) is 12.2 Å². The van der Waals surface area contributed by atoms with Crippen LogP contribution in [0.15, 0.2) is 48.5 Å². The first-order valence-corrected chi connectivity index (χ1v) is 6.14. The van der Waals surface area contributed by atoms with E-state index >= 15 is 0 Å². The summed E-state index contributed by atoms with van der Waals surface area (Å²) in [6, 6.07) is 11.6. The van der Waals surface area contributed by atoms with E-state index in [0.717, 1.165) is 5.56 Å². The van der Waals surface area contributed by atoms with Crippen LogP contribution in [0.4, 0.5) is 14.5 Å². The molecule has 0 unspecified atom stereocenters. The molecule has 2 aromatic carbocycles. The van der Waals surface area contributed by atoms with E-state index in [1.54, 1.807) is 12.1 Å². The molecule has 0 heterocycles. The highest BCUT2D eigenvalue weighted by Gasteiger charge is 2.02. The van der Waals surface area contributed by atoms with Crippen LogP contribution in [-0.4, -0.2) is 12.5 Å². The summed E-state index contributed by atoms with van der Waals surface area (Å²) in [6.45, 7) is 0.589. The monoisotopic (exact) mass is 276 g/mol. The molecule has 0 aliphatic rings. The Balaban J connectivity index is 1.75. The van der Waals surface area contributed by atoms with Crippen molar-refractivity contribution in [3.8, 4) is 0 Å². The molecule has 0 radical (unpaired) electrons. The topological polar surface area (TPSA) is 41.1 Å². The summed E-state index contributed by atoms with van der Waals surface area (Å²) in [5.74, 6) is -0.862. The van der Waals surface area contributed by atoms with E-state index in [2.05, 4.69) is 10.6 Å². The third-order valence-corrected chi connectivity index (χ3v) is 2.66. The second-order valence-corrected chi connectivity index (χ2v) is 4.29. The van der Waals surface area contributed by atoms with Gasteiger partial charge in [-0.25, -0.2) is 8.78 Å². The zero-order valence-corrected chi connectivity index (χ0v) is 10.7. The summed E-state index contributed by atoms with van der Waals surface area (Å²) < 4.78 is 25.4. The van der Waals surface area contributed by atoms with Gasteiger partial charge in [0, 0.05) is 12.2 Å². The molecule has 0 spiro atoms. The lowest BCUT2D eigenvalue weighted by molar-refractivity contribution is -0.115. The number of benzene rings is 2. The second kappa shape index (κ2) is 6.77. The summed E-state index contributed by atoms with van der Waals surface area (Å²) >= 11 is 0. The van der Waals surface area contributed by atoms with Crippen molar-refractivity contribution in [2.24, 2.45) is 0 Å². The Kier molecular flexibility index (Phi) is 4.79. The van der Waals surface area contributed by atoms with Crippen LogP contribution >= 0.6 is 0 Å². The van der Waals surface area contributed by atoms with Crippen LogP contribution in [-0.2, 0) is 11.3 Å². The fourth-order valence-corrected chi connectivity index (χ4v) is 1.66. The molecule has 3 nitrogen and oxygen atoms in total. The highest BCUT2D eigenvalue weighted by atomic mass is 19.1. The lowest BCUT2D eigenvalue weighted by Gasteiger charge is -2.07. The molecule has 0 saturated heterocycles. The van der Waals surface area contributed by atoms with Gasteiger partial charge in [-0.15, -0.1) is 0 Å². The van der Waals surface area contributed by atoms with Gasteiger partial charge < -0.3 is 10.6 Å². The van der Waals surface area contributed by atoms with Crippen LogP contribution in [0, 0.1) is 11.6 Å². The van der Waals surface area contributed by atoms with E-state index < -0.39 is 0 Å². The average Bonchev–Trinajstić information content (AvgIpc) is 2.44. The van der Waals surface area contributed by atoms with Crippen molar-refractivity contribution < 1.29 is 13.6 Å². The van der Waals surface area contributed by atoms with E-state index in [1.165, 1.54) is 36.4 Å². The molecule has 2 rings (SSSR count). The largest absolute Gasteiger partial charge is 0.325 e. The summed E-state index contributed by atoms with van der Waals surface area (Å²) in [6.07, 6.45) is 0. The normalized spacial score (nSPS) is 10.3. The van der Waals surface area contributed by atoms with Crippen molar-refractivity contribution >= 4 is 11.6 Å². The number of nitrogens with one attached hydrogen (secondary N) is 2. The molecule has 0 fully saturated rings. The molecule has 2 N–H and O–H groups in total. The van der Waals surface area contributed by atoms with Gasteiger partial charge >= 0.3 is 0 Å². The van der Waals surface area contributed by atoms with Gasteiger partial charge in [-0.3, -0.25) is 4.79 Å². The van der Waals surface area contributed by atoms with Gasteiger partial charge in [0.25, 0.3) is 0 Å². The van der Waals surface area contributed by atoms with Crippen molar-refractivity contribution in [2.45, 2.75) is 6.54 Å². The fraction of sp³-hybridized carbons (Fsp3) is 0.133. The summed E-state index contributed by atoms with van der Waals surface area (Å²) in [4.78, 5) is 11.6. The van der Waals surface area contributed by atoms with Gasteiger partial charge in [0.15, 0.2) is 0 Å². The highest BCUT2D eigenvalue weighted by Crippen LogP contribution is 2.07. The number of hydrogen-bond acceptors (Lipinski definition) is 2. The Morgan fingerprint density at radius 2 is 1.45 bits per heavy atom. The first-order chi connectivity index (χ1) is 9.63. The minimum atomic E-state index is -0.350. The lowest BCUT2D eigenvalue weighted by Crippen LogP contribution is -2.27. The van der Waals surface area contributed by atoms with Gasteiger partial charge in [-0.2, -0.15) is 0 Å². The smallest absolute Gasteiger partial charge is 0.238 e. The molecule has 0 saturated carbocycles. The number of carbonyl (C=O) groups excluding carboxylic acids is 1. The number of carbonyl (C=O) groups is 1. The van der Waals surface area contributed by atoms with E-state index in [9.17, 15) is 13.6 Å². The molecule has 104 valence electrons. The molecule has 20 heavy (non-hydrogen) atoms. The Bertz CT molecular complexity index is 567. The Labute approximate surface area is 115 Å². The molecule has 0 bridgehead atoms. The van der Waals surface area contributed by atoms with Crippen LogP contribution < -0.4 is 10.6 Å². The van der Waals surface area contributed by atoms with Gasteiger partial charge in [0.05, 0.1) is 6.54 Å². The second-order valence-electron chi connectivity index (χ2n) is 4.29. The third kappa shape index (κ3) is 4.44. The molecule has 1 amide bonds. The maximum atomic E-state index is 12.7. The molecular weight excluding hydrogens is 262 g/mol. The third-order valence-electron chi connectivity index (χ3n) is 2.66. The summed E-state index contributed by atoms with van der Waals surface area (Å²) in [7, 11) is 0. The van der Waals surface area contributed by atoms with Crippen LogP contribution in [0.3, 0.4) is 0 Å². The fourth-order valence-electron chi connectivity index (χ4n) is 1.66.